The van der Waals surface area contributed by atoms with E-state index in [0.29, 0.717) is 15.9 Å². The summed E-state index contributed by atoms with van der Waals surface area (Å²) in [7, 11) is 0. The average molecular weight is 348 g/mol. The second-order valence-corrected chi connectivity index (χ2v) is 4.64. The molecule has 0 amide bonds. The first kappa shape index (κ1) is 14.5. The zero-order chi connectivity index (χ0) is 14.8. The molecule has 3 nitrogen and oxygen atoms in total. The third-order valence-corrected chi connectivity index (χ3v) is 2.87. The lowest BCUT2D eigenvalue weighted by Crippen LogP contribution is -2.17. The summed E-state index contributed by atoms with van der Waals surface area (Å²) >= 11 is 3.22. The van der Waals surface area contributed by atoms with Crippen molar-refractivity contribution in [1.29, 1.82) is 0 Å². The molecule has 20 heavy (non-hydrogen) atoms. The maximum Gasteiger partial charge on any atom is 0.573 e. The summed E-state index contributed by atoms with van der Waals surface area (Å²) in [6.07, 6.45) is -4.78. The van der Waals surface area contributed by atoms with Crippen LogP contribution in [0.15, 0.2) is 46.9 Å². The number of anilines is 1. The van der Waals surface area contributed by atoms with Crippen LogP contribution in [-0.4, -0.2) is 6.36 Å². The maximum atomic E-state index is 12.3. The van der Waals surface area contributed by atoms with E-state index in [1.54, 1.807) is 24.3 Å². The predicted molar refractivity (Wildman–Crippen MR) is 71.8 cm³/mol. The third kappa shape index (κ3) is 3.80. The highest BCUT2D eigenvalue weighted by Gasteiger charge is 2.32. The summed E-state index contributed by atoms with van der Waals surface area (Å²) in [4.78, 5) is 0. The van der Waals surface area contributed by atoms with Crippen molar-refractivity contribution in [3.63, 3.8) is 0 Å². The number of rotatable bonds is 3. The molecular formula is C13H9BrF3NO2. The second-order valence-electron chi connectivity index (χ2n) is 3.79. The first-order valence-electron chi connectivity index (χ1n) is 5.43. The molecule has 0 fully saturated rings. The van der Waals surface area contributed by atoms with Crippen LogP contribution >= 0.6 is 15.9 Å². The van der Waals surface area contributed by atoms with E-state index in [1.807, 2.05) is 0 Å². The zero-order valence-electron chi connectivity index (χ0n) is 9.95. The van der Waals surface area contributed by atoms with Crippen LogP contribution in [0.4, 0.5) is 18.9 Å². The number of halogens is 4. The molecule has 0 unspecified atom stereocenters. The molecule has 7 heteroatoms. The van der Waals surface area contributed by atoms with Crippen LogP contribution in [0.1, 0.15) is 0 Å². The van der Waals surface area contributed by atoms with Crippen LogP contribution < -0.4 is 15.2 Å². The van der Waals surface area contributed by atoms with Crippen molar-refractivity contribution >= 4 is 21.6 Å². The van der Waals surface area contributed by atoms with Crippen molar-refractivity contribution in [2.45, 2.75) is 6.36 Å². The number of hydrogen-bond acceptors (Lipinski definition) is 3. The van der Waals surface area contributed by atoms with Gasteiger partial charge in [0, 0.05) is 5.69 Å². The summed E-state index contributed by atoms with van der Waals surface area (Å²) in [6, 6.07) is 10.2. The molecule has 0 aliphatic rings. The fourth-order valence-corrected chi connectivity index (χ4v) is 1.94. The summed E-state index contributed by atoms with van der Waals surface area (Å²) < 4.78 is 46.7. The van der Waals surface area contributed by atoms with E-state index < -0.39 is 12.1 Å². The van der Waals surface area contributed by atoms with E-state index in [9.17, 15) is 13.2 Å². The van der Waals surface area contributed by atoms with E-state index in [4.69, 9.17) is 10.5 Å². The second kappa shape index (κ2) is 5.62. The van der Waals surface area contributed by atoms with Crippen molar-refractivity contribution in [3.05, 3.63) is 46.9 Å². The molecule has 0 saturated carbocycles. The van der Waals surface area contributed by atoms with Crippen LogP contribution in [0, 0.1) is 0 Å². The van der Waals surface area contributed by atoms with E-state index in [-0.39, 0.29) is 5.75 Å². The van der Waals surface area contributed by atoms with Gasteiger partial charge in [0.1, 0.15) is 5.75 Å². The molecule has 2 aromatic rings. The van der Waals surface area contributed by atoms with E-state index >= 15 is 0 Å². The van der Waals surface area contributed by atoms with Crippen molar-refractivity contribution in [2.75, 3.05) is 5.73 Å². The normalized spacial score (nSPS) is 11.2. The van der Waals surface area contributed by atoms with Gasteiger partial charge in [-0.3, -0.25) is 0 Å². The molecule has 2 N–H and O–H groups in total. The van der Waals surface area contributed by atoms with Gasteiger partial charge in [-0.2, -0.15) is 0 Å². The number of benzene rings is 2. The summed E-state index contributed by atoms with van der Waals surface area (Å²) in [6.45, 7) is 0. The van der Waals surface area contributed by atoms with Crippen molar-refractivity contribution < 1.29 is 22.6 Å². The highest BCUT2D eigenvalue weighted by molar-refractivity contribution is 9.10. The van der Waals surface area contributed by atoms with Gasteiger partial charge in [-0.25, -0.2) is 0 Å². The largest absolute Gasteiger partial charge is 0.573 e. The van der Waals surface area contributed by atoms with Gasteiger partial charge in [0.15, 0.2) is 11.5 Å². The van der Waals surface area contributed by atoms with Crippen LogP contribution in [0.5, 0.6) is 17.2 Å². The Morgan fingerprint density at radius 1 is 0.950 bits per heavy atom. The van der Waals surface area contributed by atoms with Crippen LogP contribution in [-0.2, 0) is 0 Å². The fourth-order valence-electron chi connectivity index (χ4n) is 1.46. The molecule has 0 bridgehead atoms. The molecule has 0 aliphatic carbocycles. The first-order chi connectivity index (χ1) is 9.35. The Labute approximate surface area is 121 Å². The lowest BCUT2D eigenvalue weighted by atomic mass is 10.3. The molecule has 0 spiro atoms. The minimum atomic E-state index is -4.78. The van der Waals surface area contributed by atoms with Gasteiger partial charge in [-0.15, -0.1) is 13.2 Å². The summed E-state index contributed by atoms with van der Waals surface area (Å²) in [5, 5.41) is 0. The number of hydrogen-bond donors (Lipinski definition) is 1. The lowest BCUT2D eigenvalue weighted by Gasteiger charge is -2.14. The minimum absolute atomic E-state index is 0.0460. The van der Waals surface area contributed by atoms with Crippen molar-refractivity contribution in [1.82, 2.24) is 0 Å². The van der Waals surface area contributed by atoms with Crippen molar-refractivity contribution in [3.8, 4) is 17.2 Å². The minimum Gasteiger partial charge on any atom is -0.452 e. The van der Waals surface area contributed by atoms with Crippen LogP contribution in [0.2, 0.25) is 0 Å². The zero-order valence-corrected chi connectivity index (χ0v) is 11.5. The molecule has 2 rings (SSSR count). The molecule has 0 radical (unpaired) electrons. The molecular weight excluding hydrogens is 339 g/mol. The number of nitrogen functional groups attached to an aromatic ring is 1. The quantitative estimate of drug-likeness (QED) is 0.817. The van der Waals surface area contributed by atoms with Crippen molar-refractivity contribution in [2.24, 2.45) is 0 Å². The fraction of sp³-hybridized carbons (Fsp3) is 0.0769. The van der Waals surface area contributed by atoms with E-state index in [0.717, 1.165) is 0 Å². The summed E-state index contributed by atoms with van der Waals surface area (Å²) in [5.74, 6) is -0.128. The lowest BCUT2D eigenvalue weighted by molar-refractivity contribution is -0.275. The summed E-state index contributed by atoms with van der Waals surface area (Å²) in [5.41, 5.74) is 6.08. The first-order valence-corrected chi connectivity index (χ1v) is 6.22. The molecule has 0 aliphatic heterocycles. The Balaban J connectivity index is 2.29. The van der Waals surface area contributed by atoms with E-state index in [2.05, 4.69) is 20.7 Å². The Bertz CT molecular complexity index is 617. The topological polar surface area (TPSA) is 44.5 Å². The van der Waals surface area contributed by atoms with Gasteiger partial charge in [0.25, 0.3) is 0 Å². The van der Waals surface area contributed by atoms with Crippen LogP contribution in [0.25, 0.3) is 0 Å². The van der Waals surface area contributed by atoms with Gasteiger partial charge in [0.2, 0.25) is 0 Å². The SMILES string of the molecule is Nc1ccc(Oc2ccccc2OC(F)(F)F)c(Br)c1. The average Bonchev–Trinajstić information content (AvgIpc) is 2.33. The predicted octanol–water partition coefficient (Wildman–Crippen LogP) is 4.72. The Morgan fingerprint density at radius 3 is 2.20 bits per heavy atom. The third-order valence-electron chi connectivity index (χ3n) is 2.25. The number of ether oxygens (including phenoxy) is 2. The van der Waals surface area contributed by atoms with Crippen LogP contribution in [0.3, 0.4) is 0 Å². The molecule has 106 valence electrons. The molecule has 0 atom stereocenters. The van der Waals surface area contributed by atoms with Gasteiger partial charge in [0.05, 0.1) is 4.47 Å². The highest BCUT2D eigenvalue weighted by atomic mass is 79.9. The Kier molecular flexibility index (Phi) is 4.08. The number of nitrogens with two attached hydrogens (primary N) is 1. The molecule has 0 saturated heterocycles. The smallest absolute Gasteiger partial charge is 0.452 e. The molecule has 2 aromatic carbocycles. The standard InChI is InChI=1S/C13H9BrF3NO2/c14-9-7-8(18)5-6-10(9)19-11-3-1-2-4-12(11)20-13(15,16)17/h1-7H,18H2. The molecule has 0 heterocycles. The van der Waals surface area contributed by atoms with Gasteiger partial charge in [-0.05, 0) is 46.3 Å². The number of para-hydroxylation sites is 2. The molecule has 0 aromatic heterocycles. The van der Waals surface area contributed by atoms with Gasteiger partial charge in [-0.1, -0.05) is 12.1 Å². The Morgan fingerprint density at radius 2 is 1.60 bits per heavy atom. The van der Waals surface area contributed by atoms with Gasteiger partial charge < -0.3 is 15.2 Å². The number of alkyl halides is 3. The van der Waals surface area contributed by atoms with E-state index in [1.165, 1.54) is 18.2 Å². The maximum absolute atomic E-state index is 12.3. The monoisotopic (exact) mass is 347 g/mol. The van der Waals surface area contributed by atoms with Gasteiger partial charge >= 0.3 is 6.36 Å². The highest BCUT2D eigenvalue weighted by Crippen LogP contribution is 2.37. The Hall–Kier alpha value is -1.89.